The van der Waals surface area contributed by atoms with Crippen LogP contribution in [0.5, 0.6) is 5.75 Å². The minimum atomic E-state index is -1.53. The maximum absolute atomic E-state index is 13.1. The highest BCUT2D eigenvalue weighted by molar-refractivity contribution is 5.95. The van der Waals surface area contributed by atoms with Gasteiger partial charge in [-0.3, -0.25) is 0 Å². The highest BCUT2D eigenvalue weighted by Gasteiger charge is 2.40. The zero-order chi connectivity index (χ0) is 32.8. The van der Waals surface area contributed by atoms with Crippen LogP contribution in [0.1, 0.15) is 80.0 Å². The molecule has 2 aliphatic heterocycles. The lowest BCUT2D eigenvalue weighted by atomic mass is 9.90. The molecule has 2 aromatic rings. The van der Waals surface area contributed by atoms with E-state index < -0.39 is 55.0 Å². The van der Waals surface area contributed by atoms with E-state index in [-0.39, 0.29) is 42.6 Å². The maximum Gasteiger partial charge on any atom is 0.342 e. The standard InChI is InChI=1S/C33H47NO11/c1-5-17(3)11-20-8-7-19-12-23(44-32(41)28(19)29(20)38)13-22(45-33-31(40)30(39)26(37)16-43-33)10-9-21-15-42-27(34-21)14-25(36)18(4)24(35)6-2/h7-10,15,17-18,22-26,30-31,33,35-40H,5-6,11-14,16H2,1-4H3/t17-,18+,22-,23-,24+,25-,26+,30+,31-,33-/m0/s1. The van der Waals surface area contributed by atoms with Crippen LogP contribution in [-0.2, 0) is 33.5 Å². The fourth-order valence-corrected chi connectivity index (χ4v) is 5.59. The third-order valence-electron chi connectivity index (χ3n) is 8.86. The molecule has 0 spiro atoms. The van der Waals surface area contributed by atoms with Crippen LogP contribution in [0.15, 0.2) is 28.9 Å². The van der Waals surface area contributed by atoms with Crippen molar-refractivity contribution < 1.29 is 54.1 Å². The van der Waals surface area contributed by atoms with Crippen molar-refractivity contribution in [1.82, 2.24) is 4.98 Å². The van der Waals surface area contributed by atoms with E-state index in [4.69, 9.17) is 18.6 Å². The number of benzene rings is 1. The Hall–Kier alpha value is -2.84. The fraction of sp³-hybridized carbons (Fsp3) is 0.636. The van der Waals surface area contributed by atoms with E-state index in [0.717, 1.165) is 6.42 Å². The third kappa shape index (κ3) is 8.70. The molecule has 2 aliphatic rings. The molecule has 1 aromatic carbocycles. The van der Waals surface area contributed by atoms with Crippen LogP contribution in [0.3, 0.4) is 0 Å². The molecular weight excluding hydrogens is 586 g/mol. The van der Waals surface area contributed by atoms with Gasteiger partial charge in [0.25, 0.3) is 0 Å². The largest absolute Gasteiger partial charge is 0.507 e. The van der Waals surface area contributed by atoms with Gasteiger partial charge in [-0.15, -0.1) is 0 Å². The molecule has 12 nitrogen and oxygen atoms in total. The van der Waals surface area contributed by atoms with Gasteiger partial charge in [0.15, 0.2) is 12.2 Å². The summed E-state index contributed by atoms with van der Waals surface area (Å²) in [6.45, 7) is 7.49. The SMILES string of the molecule is CC[C@H](C)Cc1ccc2c(c1O)C(=O)O[C@H](C[C@H](C=Cc1coc(C[C@H](O)[C@H](C)[C@H](O)CC)n1)O[C@@H]1OC[C@@H](O)[C@@H](O)[C@@H]1O)C2. The van der Waals surface area contributed by atoms with E-state index in [9.17, 15) is 35.4 Å². The summed E-state index contributed by atoms with van der Waals surface area (Å²) in [4.78, 5) is 17.5. The number of carbonyl (C=O) groups excluding carboxylic acids is 1. The number of hydrogen-bond acceptors (Lipinski definition) is 12. The number of oxazole rings is 1. The molecule has 45 heavy (non-hydrogen) atoms. The van der Waals surface area contributed by atoms with Gasteiger partial charge in [0.05, 0.1) is 31.3 Å². The van der Waals surface area contributed by atoms with Crippen molar-refractivity contribution >= 4 is 12.0 Å². The van der Waals surface area contributed by atoms with Crippen LogP contribution in [0.2, 0.25) is 0 Å². The van der Waals surface area contributed by atoms with Crippen LogP contribution >= 0.6 is 0 Å². The molecule has 1 fully saturated rings. The molecule has 0 unspecified atom stereocenters. The summed E-state index contributed by atoms with van der Waals surface area (Å²) in [6, 6.07) is 3.68. The molecule has 3 heterocycles. The van der Waals surface area contributed by atoms with Crippen LogP contribution < -0.4 is 0 Å². The zero-order valence-corrected chi connectivity index (χ0v) is 26.3. The molecule has 0 aliphatic carbocycles. The Bertz CT molecular complexity index is 1300. The lowest BCUT2D eigenvalue weighted by Gasteiger charge is -2.37. The molecule has 1 aromatic heterocycles. The topological polar surface area (TPSA) is 192 Å². The number of aliphatic hydroxyl groups excluding tert-OH is 5. The number of ether oxygens (including phenoxy) is 3. The average Bonchev–Trinajstić information content (AvgIpc) is 3.47. The van der Waals surface area contributed by atoms with Crippen LogP contribution in [0, 0.1) is 11.8 Å². The number of aromatic hydroxyl groups is 1. The van der Waals surface area contributed by atoms with Crippen molar-refractivity contribution in [1.29, 1.82) is 0 Å². The number of aliphatic hydroxyl groups is 5. The van der Waals surface area contributed by atoms with Gasteiger partial charge in [0, 0.05) is 18.8 Å². The molecule has 1 saturated heterocycles. The minimum Gasteiger partial charge on any atom is -0.507 e. The van der Waals surface area contributed by atoms with E-state index in [0.29, 0.717) is 42.0 Å². The van der Waals surface area contributed by atoms with E-state index in [1.165, 1.54) is 6.26 Å². The average molecular weight is 634 g/mol. The highest BCUT2D eigenvalue weighted by atomic mass is 16.7. The Kier molecular flexibility index (Phi) is 12.2. The molecule has 0 bridgehead atoms. The van der Waals surface area contributed by atoms with Gasteiger partial charge in [0.2, 0.25) is 0 Å². The van der Waals surface area contributed by atoms with Crippen LogP contribution in [-0.4, -0.2) is 97.2 Å². The second-order valence-corrected chi connectivity index (χ2v) is 12.3. The second-order valence-electron chi connectivity index (χ2n) is 12.3. The number of esters is 1. The van der Waals surface area contributed by atoms with Gasteiger partial charge in [-0.2, -0.15) is 0 Å². The monoisotopic (exact) mass is 633 g/mol. The number of hydrogen-bond donors (Lipinski definition) is 6. The number of fused-ring (bicyclic) bond motifs is 1. The zero-order valence-electron chi connectivity index (χ0n) is 26.3. The predicted molar refractivity (Wildman–Crippen MR) is 162 cm³/mol. The summed E-state index contributed by atoms with van der Waals surface area (Å²) in [5.74, 6) is -0.441. The molecule has 12 heteroatoms. The molecule has 4 rings (SSSR count). The lowest BCUT2D eigenvalue weighted by Crippen LogP contribution is -2.54. The van der Waals surface area contributed by atoms with E-state index in [1.807, 2.05) is 19.1 Å². The summed E-state index contributed by atoms with van der Waals surface area (Å²) < 4.78 is 22.7. The van der Waals surface area contributed by atoms with Gasteiger partial charge in [-0.25, -0.2) is 9.78 Å². The fourth-order valence-electron chi connectivity index (χ4n) is 5.59. The van der Waals surface area contributed by atoms with Crippen molar-refractivity contribution in [2.75, 3.05) is 6.61 Å². The van der Waals surface area contributed by atoms with Gasteiger partial charge >= 0.3 is 5.97 Å². The predicted octanol–water partition coefficient (Wildman–Crippen LogP) is 2.29. The Balaban J connectivity index is 1.50. The third-order valence-corrected chi connectivity index (χ3v) is 8.86. The summed E-state index contributed by atoms with van der Waals surface area (Å²) in [7, 11) is 0. The Labute approximate surface area is 263 Å². The molecule has 10 atom stereocenters. The van der Waals surface area contributed by atoms with E-state index in [1.54, 1.807) is 19.1 Å². The number of aromatic nitrogens is 1. The first-order valence-corrected chi connectivity index (χ1v) is 15.8. The van der Waals surface area contributed by atoms with Gasteiger partial charge in [0.1, 0.15) is 47.7 Å². The first-order valence-electron chi connectivity index (χ1n) is 15.8. The quantitative estimate of drug-likeness (QED) is 0.167. The Morgan fingerprint density at radius 1 is 1.07 bits per heavy atom. The van der Waals surface area contributed by atoms with Crippen molar-refractivity contribution in [3.05, 3.63) is 52.7 Å². The van der Waals surface area contributed by atoms with Gasteiger partial charge < -0.3 is 49.3 Å². The molecule has 250 valence electrons. The number of phenolic OH excluding ortho intramolecular Hbond substituents is 1. The molecule has 0 amide bonds. The van der Waals surface area contributed by atoms with Crippen molar-refractivity contribution in [2.45, 2.75) is 115 Å². The summed E-state index contributed by atoms with van der Waals surface area (Å²) >= 11 is 0. The first-order chi connectivity index (χ1) is 21.4. The Morgan fingerprint density at radius 2 is 1.82 bits per heavy atom. The lowest BCUT2D eigenvalue weighted by molar-refractivity contribution is -0.279. The smallest absolute Gasteiger partial charge is 0.342 e. The summed E-state index contributed by atoms with van der Waals surface area (Å²) in [5, 5.41) is 61.9. The molecular formula is C33H47NO11. The summed E-state index contributed by atoms with van der Waals surface area (Å²) in [5.41, 5.74) is 1.93. The van der Waals surface area contributed by atoms with Gasteiger partial charge in [-0.05, 0) is 36.0 Å². The number of cyclic esters (lactones) is 1. The first kappa shape index (κ1) is 35.0. The van der Waals surface area contributed by atoms with E-state index >= 15 is 0 Å². The van der Waals surface area contributed by atoms with Gasteiger partial charge in [-0.1, -0.05) is 52.3 Å². The molecule has 0 saturated carbocycles. The minimum absolute atomic E-state index is 0.0548. The van der Waals surface area contributed by atoms with Crippen molar-refractivity contribution in [3.8, 4) is 5.75 Å². The van der Waals surface area contributed by atoms with E-state index in [2.05, 4.69) is 18.8 Å². The summed E-state index contributed by atoms with van der Waals surface area (Å²) in [6.07, 6.45) is -1.22. The Morgan fingerprint density at radius 3 is 2.53 bits per heavy atom. The van der Waals surface area contributed by atoms with Crippen molar-refractivity contribution in [2.24, 2.45) is 11.8 Å². The van der Waals surface area contributed by atoms with Crippen LogP contribution in [0.4, 0.5) is 0 Å². The molecule has 0 radical (unpaired) electrons. The number of carbonyl (C=O) groups is 1. The molecule has 6 N–H and O–H groups in total. The number of phenols is 1. The highest BCUT2D eigenvalue weighted by Crippen LogP contribution is 2.34. The van der Waals surface area contributed by atoms with Crippen molar-refractivity contribution in [3.63, 3.8) is 0 Å². The number of rotatable bonds is 14. The van der Waals surface area contributed by atoms with Crippen LogP contribution in [0.25, 0.3) is 6.08 Å². The second kappa shape index (κ2) is 15.6. The maximum atomic E-state index is 13.1. The normalized spacial score (nSPS) is 27.0. The number of nitrogens with zero attached hydrogens (tertiary/aromatic N) is 1.